The monoisotopic (exact) mass is 238 g/mol. The van der Waals surface area contributed by atoms with E-state index in [0.29, 0.717) is 5.92 Å². The van der Waals surface area contributed by atoms with E-state index in [1.165, 1.54) is 5.69 Å². The largest absolute Gasteiger partial charge is 0.332 e. The van der Waals surface area contributed by atoms with Crippen molar-refractivity contribution in [1.82, 2.24) is 19.8 Å². The van der Waals surface area contributed by atoms with Crippen LogP contribution in [0.2, 0.25) is 0 Å². The van der Waals surface area contributed by atoms with E-state index in [0.717, 1.165) is 32.7 Å². The summed E-state index contributed by atoms with van der Waals surface area (Å²) in [6.45, 7) is 11.8. The van der Waals surface area contributed by atoms with Gasteiger partial charge in [0.15, 0.2) is 0 Å². The van der Waals surface area contributed by atoms with Crippen LogP contribution in [0, 0.1) is 5.92 Å². The maximum Gasteiger partial charge on any atom is 0.0949 e. The molecular formula is C13H26N4. The Bertz CT molecular complexity index is 306. The highest BCUT2D eigenvalue weighted by Crippen LogP contribution is 2.00. The normalized spacial score (nSPS) is 11.6. The van der Waals surface area contributed by atoms with E-state index < -0.39 is 0 Å². The van der Waals surface area contributed by atoms with E-state index in [9.17, 15) is 0 Å². The minimum absolute atomic E-state index is 0.692. The molecule has 1 heterocycles. The molecule has 17 heavy (non-hydrogen) atoms. The van der Waals surface area contributed by atoms with Crippen LogP contribution >= 0.6 is 0 Å². The van der Waals surface area contributed by atoms with Crippen molar-refractivity contribution in [2.24, 2.45) is 5.92 Å². The van der Waals surface area contributed by atoms with Crippen molar-refractivity contribution >= 4 is 0 Å². The highest BCUT2D eigenvalue weighted by molar-refractivity contribution is 4.98. The summed E-state index contributed by atoms with van der Waals surface area (Å²) < 4.78 is 2.24. The van der Waals surface area contributed by atoms with Crippen molar-refractivity contribution in [3.8, 4) is 0 Å². The molecule has 0 saturated heterocycles. The predicted molar refractivity (Wildman–Crippen MR) is 71.9 cm³/mol. The maximum atomic E-state index is 4.23. The lowest BCUT2D eigenvalue weighted by Crippen LogP contribution is -2.25. The summed E-state index contributed by atoms with van der Waals surface area (Å²) in [7, 11) is 2.15. The van der Waals surface area contributed by atoms with Gasteiger partial charge in [-0.2, -0.15) is 0 Å². The van der Waals surface area contributed by atoms with Gasteiger partial charge in [-0.05, 0) is 26.1 Å². The third-order valence-corrected chi connectivity index (χ3v) is 2.92. The molecule has 1 rings (SSSR count). The topological polar surface area (TPSA) is 33.1 Å². The Morgan fingerprint density at radius 1 is 1.47 bits per heavy atom. The minimum Gasteiger partial charge on any atom is -0.332 e. The number of aromatic nitrogens is 2. The van der Waals surface area contributed by atoms with Gasteiger partial charge in [-0.25, -0.2) is 4.98 Å². The highest BCUT2D eigenvalue weighted by Gasteiger charge is 2.03. The van der Waals surface area contributed by atoms with Crippen LogP contribution in [0.1, 0.15) is 26.5 Å². The van der Waals surface area contributed by atoms with Gasteiger partial charge in [0.1, 0.15) is 0 Å². The molecule has 4 nitrogen and oxygen atoms in total. The number of nitrogens with zero attached hydrogens (tertiary/aromatic N) is 3. The van der Waals surface area contributed by atoms with Crippen LogP contribution in [0.4, 0.5) is 0 Å². The molecule has 0 atom stereocenters. The molecule has 98 valence electrons. The van der Waals surface area contributed by atoms with Crippen molar-refractivity contribution < 1.29 is 0 Å². The van der Waals surface area contributed by atoms with Crippen molar-refractivity contribution in [2.45, 2.75) is 33.9 Å². The van der Waals surface area contributed by atoms with Gasteiger partial charge < -0.3 is 14.8 Å². The summed E-state index contributed by atoms with van der Waals surface area (Å²) in [4.78, 5) is 6.54. The molecule has 0 fully saturated rings. The van der Waals surface area contributed by atoms with Gasteiger partial charge in [0.25, 0.3) is 0 Å². The van der Waals surface area contributed by atoms with Gasteiger partial charge >= 0.3 is 0 Å². The fraction of sp³-hybridized carbons (Fsp3) is 0.769. The van der Waals surface area contributed by atoms with Gasteiger partial charge in [-0.15, -0.1) is 0 Å². The number of imidazole rings is 1. The van der Waals surface area contributed by atoms with Crippen molar-refractivity contribution in [3.63, 3.8) is 0 Å². The summed E-state index contributed by atoms with van der Waals surface area (Å²) in [6, 6.07) is 0. The summed E-state index contributed by atoms with van der Waals surface area (Å²) in [5.41, 5.74) is 1.27. The summed E-state index contributed by atoms with van der Waals surface area (Å²) in [5.74, 6) is 0.692. The van der Waals surface area contributed by atoms with Crippen LogP contribution in [-0.2, 0) is 13.1 Å². The lowest BCUT2D eigenvalue weighted by atomic mass is 10.2. The van der Waals surface area contributed by atoms with E-state index in [4.69, 9.17) is 0 Å². The first-order chi connectivity index (χ1) is 8.13. The number of hydrogen-bond acceptors (Lipinski definition) is 3. The van der Waals surface area contributed by atoms with E-state index in [2.05, 4.69) is 47.6 Å². The molecule has 0 bridgehead atoms. The molecule has 0 saturated carbocycles. The van der Waals surface area contributed by atoms with Crippen molar-refractivity contribution in [1.29, 1.82) is 0 Å². The second-order valence-corrected chi connectivity index (χ2v) is 5.00. The van der Waals surface area contributed by atoms with Crippen LogP contribution in [0.25, 0.3) is 0 Å². The molecule has 0 aliphatic rings. The van der Waals surface area contributed by atoms with E-state index >= 15 is 0 Å². The van der Waals surface area contributed by atoms with Gasteiger partial charge in [-0.3, -0.25) is 0 Å². The fourth-order valence-corrected chi connectivity index (χ4v) is 1.62. The Morgan fingerprint density at radius 3 is 2.88 bits per heavy atom. The van der Waals surface area contributed by atoms with Crippen molar-refractivity contribution in [2.75, 3.05) is 26.7 Å². The zero-order valence-corrected chi connectivity index (χ0v) is 11.6. The summed E-state index contributed by atoms with van der Waals surface area (Å²) >= 11 is 0. The van der Waals surface area contributed by atoms with Crippen LogP contribution in [0.5, 0.6) is 0 Å². The molecule has 1 aromatic heterocycles. The number of nitrogens with one attached hydrogen (secondary N) is 1. The quantitative estimate of drug-likeness (QED) is 0.746. The number of rotatable bonds is 8. The SMILES string of the molecule is CCN(C)CCn1cncc1CNCC(C)C. The minimum atomic E-state index is 0.692. The van der Waals surface area contributed by atoms with Crippen LogP contribution in [-0.4, -0.2) is 41.1 Å². The van der Waals surface area contributed by atoms with Crippen LogP contribution in [0.3, 0.4) is 0 Å². The smallest absolute Gasteiger partial charge is 0.0949 e. The molecule has 0 aliphatic heterocycles. The first-order valence-electron chi connectivity index (χ1n) is 6.51. The second kappa shape index (κ2) is 7.45. The zero-order chi connectivity index (χ0) is 12.7. The molecule has 0 aliphatic carbocycles. The first kappa shape index (κ1) is 14.2. The molecule has 1 N–H and O–H groups in total. The van der Waals surface area contributed by atoms with Crippen LogP contribution in [0.15, 0.2) is 12.5 Å². The molecule has 1 aromatic rings. The van der Waals surface area contributed by atoms with E-state index in [-0.39, 0.29) is 0 Å². The van der Waals surface area contributed by atoms with E-state index in [1.807, 2.05) is 12.5 Å². The fourth-order valence-electron chi connectivity index (χ4n) is 1.62. The molecule has 0 aromatic carbocycles. The Hall–Kier alpha value is -0.870. The number of likely N-dealkylation sites (N-methyl/N-ethyl adjacent to an activating group) is 1. The maximum absolute atomic E-state index is 4.23. The molecular weight excluding hydrogens is 212 g/mol. The van der Waals surface area contributed by atoms with Crippen LogP contribution < -0.4 is 5.32 Å². The predicted octanol–water partition coefficient (Wildman–Crippen LogP) is 1.58. The van der Waals surface area contributed by atoms with Gasteiger partial charge in [-0.1, -0.05) is 20.8 Å². The standard InChI is InChI=1S/C13H26N4/c1-5-16(4)6-7-17-11-15-10-13(17)9-14-8-12(2)3/h10-12,14H,5-9H2,1-4H3. The van der Waals surface area contributed by atoms with Gasteiger partial charge in [0, 0.05) is 25.8 Å². The third-order valence-electron chi connectivity index (χ3n) is 2.92. The molecule has 0 unspecified atom stereocenters. The zero-order valence-electron chi connectivity index (χ0n) is 11.6. The molecule has 0 radical (unpaired) electrons. The molecule has 4 heteroatoms. The Balaban J connectivity index is 2.37. The highest BCUT2D eigenvalue weighted by atomic mass is 15.1. The third kappa shape index (κ3) is 5.33. The number of hydrogen-bond donors (Lipinski definition) is 1. The van der Waals surface area contributed by atoms with E-state index in [1.54, 1.807) is 0 Å². The lowest BCUT2D eigenvalue weighted by molar-refractivity contribution is 0.332. The lowest BCUT2D eigenvalue weighted by Gasteiger charge is -2.15. The average Bonchev–Trinajstić information content (AvgIpc) is 2.73. The summed E-state index contributed by atoms with van der Waals surface area (Å²) in [6.07, 6.45) is 3.88. The molecule has 0 spiro atoms. The summed E-state index contributed by atoms with van der Waals surface area (Å²) in [5, 5.41) is 3.45. The van der Waals surface area contributed by atoms with Gasteiger partial charge in [0.05, 0.1) is 12.0 Å². The Morgan fingerprint density at radius 2 is 2.24 bits per heavy atom. The Labute approximate surface area is 105 Å². The average molecular weight is 238 g/mol. The molecule has 0 amide bonds. The second-order valence-electron chi connectivity index (χ2n) is 5.00. The van der Waals surface area contributed by atoms with Crippen molar-refractivity contribution in [3.05, 3.63) is 18.2 Å². The van der Waals surface area contributed by atoms with Gasteiger partial charge in [0.2, 0.25) is 0 Å². The Kier molecular flexibility index (Phi) is 6.22. The first-order valence-corrected chi connectivity index (χ1v) is 6.51.